The molecule has 0 aliphatic carbocycles. The van der Waals surface area contributed by atoms with Gasteiger partial charge in [-0.2, -0.15) is 0 Å². The molecule has 6 nitrogen and oxygen atoms in total. The van der Waals surface area contributed by atoms with E-state index in [1.165, 1.54) is 6.07 Å². The maximum Gasteiger partial charge on any atom is 0.262 e. The fourth-order valence-electron chi connectivity index (χ4n) is 2.08. The molecule has 144 valence electrons. The van der Waals surface area contributed by atoms with Crippen molar-refractivity contribution >= 4 is 56.6 Å². The summed E-state index contributed by atoms with van der Waals surface area (Å²) >= 11 is 15.2. The van der Waals surface area contributed by atoms with Crippen LogP contribution in [0.15, 0.2) is 40.9 Å². The molecule has 2 amide bonds. The van der Waals surface area contributed by atoms with Crippen molar-refractivity contribution in [3.8, 4) is 5.75 Å². The quantitative estimate of drug-likeness (QED) is 0.562. The smallest absolute Gasteiger partial charge is 0.262 e. The van der Waals surface area contributed by atoms with Crippen molar-refractivity contribution in [2.45, 2.75) is 0 Å². The predicted octanol–water partition coefficient (Wildman–Crippen LogP) is 4.15. The number of benzene rings is 2. The summed E-state index contributed by atoms with van der Waals surface area (Å²) in [6, 6.07) is 9.65. The van der Waals surface area contributed by atoms with Crippen LogP contribution in [0.2, 0.25) is 10.0 Å². The molecule has 2 aromatic carbocycles. The van der Waals surface area contributed by atoms with E-state index in [0.29, 0.717) is 44.7 Å². The number of anilines is 1. The minimum atomic E-state index is -0.370. The summed E-state index contributed by atoms with van der Waals surface area (Å²) in [6.45, 7) is 0.626. The Kier molecular flexibility index (Phi) is 8.37. The normalized spacial score (nSPS) is 10.4. The Bertz CT molecular complexity index is 793. The monoisotopic (exact) mass is 474 g/mol. The van der Waals surface area contributed by atoms with Gasteiger partial charge >= 0.3 is 0 Å². The molecule has 0 fully saturated rings. The van der Waals surface area contributed by atoms with Crippen LogP contribution in [0.4, 0.5) is 5.69 Å². The molecule has 0 radical (unpaired) electrons. The van der Waals surface area contributed by atoms with Gasteiger partial charge in [-0.25, -0.2) is 0 Å². The van der Waals surface area contributed by atoms with Crippen molar-refractivity contribution in [3.05, 3.63) is 56.5 Å². The molecule has 0 unspecified atom stereocenters. The predicted molar refractivity (Wildman–Crippen MR) is 109 cm³/mol. The van der Waals surface area contributed by atoms with Gasteiger partial charge in [0.2, 0.25) is 0 Å². The summed E-state index contributed by atoms with van der Waals surface area (Å²) in [5.74, 6) is -0.250. The van der Waals surface area contributed by atoms with Gasteiger partial charge in [0, 0.05) is 29.9 Å². The lowest BCUT2D eigenvalue weighted by atomic mass is 10.2. The van der Waals surface area contributed by atoms with Gasteiger partial charge in [-0.15, -0.1) is 0 Å². The maximum absolute atomic E-state index is 12.1. The Morgan fingerprint density at radius 1 is 1.15 bits per heavy atom. The van der Waals surface area contributed by atoms with E-state index < -0.39 is 0 Å². The Morgan fingerprint density at radius 2 is 1.85 bits per heavy atom. The van der Waals surface area contributed by atoms with E-state index in [0.717, 1.165) is 0 Å². The zero-order valence-corrected chi connectivity index (χ0v) is 17.5. The fourth-order valence-corrected chi connectivity index (χ4v) is 3.44. The van der Waals surface area contributed by atoms with Crippen LogP contribution < -0.4 is 15.4 Å². The number of halogens is 3. The molecule has 0 heterocycles. The van der Waals surface area contributed by atoms with E-state index in [4.69, 9.17) is 32.7 Å². The van der Waals surface area contributed by atoms with E-state index in [9.17, 15) is 9.59 Å². The highest BCUT2D eigenvalue weighted by molar-refractivity contribution is 9.10. The number of hydrogen-bond acceptors (Lipinski definition) is 4. The zero-order valence-electron chi connectivity index (χ0n) is 14.4. The highest BCUT2D eigenvalue weighted by Crippen LogP contribution is 2.35. The van der Waals surface area contributed by atoms with Gasteiger partial charge in [0.25, 0.3) is 11.8 Å². The van der Waals surface area contributed by atoms with Gasteiger partial charge in [0.1, 0.15) is 0 Å². The van der Waals surface area contributed by atoms with Crippen molar-refractivity contribution in [1.82, 2.24) is 5.32 Å². The standard InChI is InChI=1S/C18H17BrCl2N2O4/c1-26-7-6-22-18(25)11-2-4-13(5-3-11)23-16(24)10-27-17-14(19)8-12(20)9-15(17)21/h2-5,8-9H,6-7,10H2,1H3,(H,22,25)(H,23,24). The minimum absolute atomic E-state index is 0.213. The summed E-state index contributed by atoms with van der Waals surface area (Å²) in [4.78, 5) is 24.0. The summed E-state index contributed by atoms with van der Waals surface area (Å²) < 4.78 is 10.9. The number of rotatable bonds is 8. The van der Waals surface area contributed by atoms with Crippen molar-refractivity contribution in [3.63, 3.8) is 0 Å². The van der Waals surface area contributed by atoms with Crippen LogP contribution in [-0.2, 0) is 9.53 Å². The number of ether oxygens (including phenoxy) is 2. The topological polar surface area (TPSA) is 76.7 Å². The van der Waals surface area contributed by atoms with Crippen molar-refractivity contribution in [2.24, 2.45) is 0 Å². The molecular weight excluding hydrogens is 459 g/mol. The molecule has 0 aromatic heterocycles. The van der Waals surface area contributed by atoms with Crippen LogP contribution in [-0.4, -0.2) is 38.7 Å². The first-order chi connectivity index (χ1) is 12.9. The molecule has 9 heteroatoms. The summed E-state index contributed by atoms with van der Waals surface area (Å²) in [6.07, 6.45) is 0. The third kappa shape index (κ3) is 6.70. The molecule has 2 rings (SSSR count). The van der Waals surface area contributed by atoms with Crippen LogP contribution in [0.3, 0.4) is 0 Å². The zero-order chi connectivity index (χ0) is 19.8. The van der Waals surface area contributed by atoms with Gasteiger partial charge in [-0.1, -0.05) is 23.2 Å². The van der Waals surface area contributed by atoms with Gasteiger partial charge in [0.15, 0.2) is 12.4 Å². The molecule has 0 spiro atoms. The second kappa shape index (κ2) is 10.5. The van der Waals surface area contributed by atoms with Gasteiger partial charge in [-0.3, -0.25) is 9.59 Å². The van der Waals surface area contributed by atoms with Crippen molar-refractivity contribution in [2.75, 3.05) is 32.2 Å². The molecule has 2 aromatic rings. The lowest BCUT2D eigenvalue weighted by molar-refractivity contribution is -0.118. The highest BCUT2D eigenvalue weighted by atomic mass is 79.9. The number of carbonyl (C=O) groups is 2. The van der Waals surface area contributed by atoms with Gasteiger partial charge in [-0.05, 0) is 52.3 Å². The molecule has 0 aliphatic heterocycles. The third-order valence-corrected chi connectivity index (χ3v) is 4.42. The first-order valence-corrected chi connectivity index (χ1v) is 9.40. The van der Waals surface area contributed by atoms with Gasteiger partial charge < -0.3 is 20.1 Å². The average Bonchev–Trinajstić information content (AvgIpc) is 2.61. The first-order valence-electron chi connectivity index (χ1n) is 7.85. The van der Waals surface area contributed by atoms with Crippen LogP contribution in [0.5, 0.6) is 5.75 Å². The van der Waals surface area contributed by atoms with E-state index in [2.05, 4.69) is 26.6 Å². The summed E-state index contributed by atoms with van der Waals surface area (Å²) in [5.41, 5.74) is 1.02. The Morgan fingerprint density at radius 3 is 2.48 bits per heavy atom. The lowest BCUT2D eigenvalue weighted by Crippen LogP contribution is -2.26. The average molecular weight is 476 g/mol. The molecule has 0 aliphatic rings. The molecule has 0 atom stereocenters. The number of methoxy groups -OCH3 is 1. The summed E-state index contributed by atoms with van der Waals surface area (Å²) in [5, 5.41) is 6.15. The second-order valence-corrected chi connectivity index (χ2v) is 7.06. The minimum Gasteiger partial charge on any atom is -0.481 e. The number of amides is 2. The van der Waals surface area contributed by atoms with E-state index in [1.807, 2.05) is 0 Å². The van der Waals surface area contributed by atoms with E-state index in [-0.39, 0.29) is 18.4 Å². The highest BCUT2D eigenvalue weighted by Gasteiger charge is 2.12. The van der Waals surface area contributed by atoms with E-state index in [1.54, 1.807) is 37.4 Å². The lowest BCUT2D eigenvalue weighted by Gasteiger charge is -2.11. The Hall–Kier alpha value is -1.80. The first kappa shape index (κ1) is 21.5. The second-order valence-electron chi connectivity index (χ2n) is 5.36. The Labute approximate surface area is 175 Å². The van der Waals surface area contributed by atoms with Crippen LogP contribution in [0, 0.1) is 0 Å². The van der Waals surface area contributed by atoms with Crippen LogP contribution in [0.1, 0.15) is 10.4 Å². The fraction of sp³-hybridized carbons (Fsp3) is 0.222. The number of nitrogens with one attached hydrogen (secondary N) is 2. The molecule has 0 bridgehead atoms. The number of hydrogen-bond donors (Lipinski definition) is 2. The van der Waals surface area contributed by atoms with Gasteiger partial charge in [0.05, 0.1) is 16.1 Å². The third-order valence-electron chi connectivity index (χ3n) is 3.33. The molecule has 2 N–H and O–H groups in total. The van der Waals surface area contributed by atoms with Crippen LogP contribution in [0.25, 0.3) is 0 Å². The number of carbonyl (C=O) groups excluding carboxylic acids is 2. The SMILES string of the molecule is COCCNC(=O)c1ccc(NC(=O)COc2c(Cl)cc(Cl)cc2Br)cc1. The largest absolute Gasteiger partial charge is 0.481 e. The molecule has 0 saturated carbocycles. The van der Waals surface area contributed by atoms with E-state index >= 15 is 0 Å². The molecule has 0 saturated heterocycles. The summed E-state index contributed by atoms with van der Waals surface area (Å²) in [7, 11) is 1.56. The van der Waals surface area contributed by atoms with Crippen molar-refractivity contribution < 1.29 is 19.1 Å². The maximum atomic E-state index is 12.1. The molecular formula is C18H17BrCl2N2O4. The molecule has 27 heavy (non-hydrogen) atoms. The Balaban J connectivity index is 1.88. The van der Waals surface area contributed by atoms with Crippen molar-refractivity contribution in [1.29, 1.82) is 0 Å². The van der Waals surface area contributed by atoms with Crippen LogP contribution >= 0.6 is 39.1 Å².